The van der Waals surface area contributed by atoms with Crippen molar-refractivity contribution >= 4 is 17.5 Å². The number of amides is 2. The van der Waals surface area contributed by atoms with Crippen molar-refractivity contribution < 1.29 is 24.9 Å². The van der Waals surface area contributed by atoms with E-state index < -0.39 is 11.2 Å². The lowest BCUT2D eigenvalue weighted by Crippen LogP contribution is -2.28. The van der Waals surface area contributed by atoms with Crippen LogP contribution in [0.1, 0.15) is 35.8 Å². The molecule has 1 saturated carbocycles. The summed E-state index contributed by atoms with van der Waals surface area (Å²) < 4.78 is 25.7. The maximum absolute atomic E-state index is 14.8. The second-order valence-electron chi connectivity index (χ2n) is 8.41. The Bertz CT molecular complexity index is 1290. The Hall–Kier alpha value is -3.87. The van der Waals surface area contributed by atoms with Crippen LogP contribution in [-0.2, 0) is 10.2 Å². The van der Waals surface area contributed by atoms with Crippen molar-refractivity contribution in [1.82, 2.24) is 5.32 Å². The number of ether oxygens (including phenoxy) is 2. The van der Waals surface area contributed by atoms with Gasteiger partial charge in [-0.3, -0.25) is 9.59 Å². The highest BCUT2D eigenvalue weighted by atomic mass is 19.1. The van der Waals surface area contributed by atoms with Crippen LogP contribution in [0.4, 0.5) is 10.1 Å². The van der Waals surface area contributed by atoms with E-state index in [2.05, 4.69) is 10.6 Å². The zero-order valence-electron chi connectivity index (χ0n) is 18.3. The fraction of sp³-hybridized carbons (Fsp3) is 0.231. The van der Waals surface area contributed by atoms with E-state index in [9.17, 15) is 14.0 Å². The van der Waals surface area contributed by atoms with Crippen molar-refractivity contribution in [2.24, 2.45) is 0 Å². The molecule has 2 amide bonds. The Morgan fingerprint density at radius 3 is 2.58 bits per heavy atom. The number of benzene rings is 3. The van der Waals surface area contributed by atoms with E-state index in [4.69, 9.17) is 9.47 Å². The highest BCUT2D eigenvalue weighted by molar-refractivity contribution is 6.02. The average molecular weight is 448 g/mol. The second-order valence-corrected chi connectivity index (χ2v) is 8.41. The number of hydrogen-bond acceptors (Lipinski definition) is 4. The van der Waals surface area contributed by atoms with Crippen LogP contribution in [0.2, 0.25) is 0 Å². The summed E-state index contributed by atoms with van der Waals surface area (Å²) in [4.78, 5) is 25.3. The summed E-state index contributed by atoms with van der Waals surface area (Å²) in [5.74, 6) is 0.307. The maximum atomic E-state index is 14.8. The molecule has 170 valence electrons. The first-order valence-corrected chi connectivity index (χ1v) is 10.8. The first-order valence-electron chi connectivity index (χ1n) is 10.8. The van der Waals surface area contributed by atoms with E-state index in [0.717, 1.165) is 16.7 Å². The highest BCUT2D eigenvalue weighted by Crippen LogP contribution is 2.51. The molecule has 1 fully saturated rings. The Morgan fingerprint density at radius 2 is 1.82 bits per heavy atom. The van der Waals surface area contributed by atoms with Gasteiger partial charge in [0.05, 0.1) is 11.1 Å². The van der Waals surface area contributed by atoms with Crippen LogP contribution < -0.4 is 20.1 Å². The molecule has 3 aromatic rings. The summed E-state index contributed by atoms with van der Waals surface area (Å²) >= 11 is 0. The zero-order valence-corrected chi connectivity index (χ0v) is 18.3. The van der Waals surface area contributed by atoms with Crippen molar-refractivity contribution in [3.63, 3.8) is 0 Å². The number of hydrogen-bond donors (Lipinski definition) is 2. The van der Waals surface area contributed by atoms with Crippen molar-refractivity contribution in [1.29, 1.82) is 0 Å². The normalized spacial score (nSPS) is 15.1. The quantitative estimate of drug-likeness (QED) is 0.588. The summed E-state index contributed by atoms with van der Waals surface area (Å²) in [5, 5.41) is 5.40. The Labute approximate surface area is 192 Å². The first-order chi connectivity index (χ1) is 15.9. The van der Waals surface area contributed by atoms with Gasteiger partial charge < -0.3 is 20.1 Å². The molecule has 0 radical (unpaired) electrons. The molecule has 0 atom stereocenters. The molecular formula is C26H25FN2O4. The van der Waals surface area contributed by atoms with E-state index in [1.54, 1.807) is 44.3 Å². The molecule has 2 aliphatic rings. The van der Waals surface area contributed by atoms with Gasteiger partial charge in [-0.1, -0.05) is 18.2 Å². The van der Waals surface area contributed by atoms with Gasteiger partial charge in [0, 0.05) is 14.0 Å². The van der Waals surface area contributed by atoms with Crippen LogP contribution in [-0.4, -0.2) is 25.7 Å². The minimum absolute atomic E-state index is 0. The van der Waals surface area contributed by atoms with Crippen molar-refractivity contribution in [3.05, 3.63) is 77.1 Å². The lowest BCUT2D eigenvalue weighted by atomic mass is 9.94. The lowest BCUT2D eigenvalue weighted by molar-refractivity contribution is -0.118. The third-order valence-corrected chi connectivity index (χ3v) is 6.33. The molecule has 7 heteroatoms. The minimum Gasteiger partial charge on any atom is -0.454 e. The number of fused-ring (bicyclic) bond motifs is 1. The largest absolute Gasteiger partial charge is 0.454 e. The van der Waals surface area contributed by atoms with Gasteiger partial charge in [0.2, 0.25) is 12.7 Å². The van der Waals surface area contributed by atoms with Gasteiger partial charge in [-0.05, 0) is 78.4 Å². The molecule has 1 aliphatic carbocycles. The predicted octanol–water partition coefficient (Wildman–Crippen LogP) is 4.81. The predicted molar refractivity (Wildman–Crippen MR) is 124 cm³/mol. The van der Waals surface area contributed by atoms with Crippen LogP contribution in [0.25, 0.3) is 11.1 Å². The molecule has 1 heterocycles. The van der Waals surface area contributed by atoms with E-state index >= 15 is 0 Å². The van der Waals surface area contributed by atoms with E-state index in [1.807, 2.05) is 18.2 Å². The topological polar surface area (TPSA) is 76.7 Å². The fourth-order valence-corrected chi connectivity index (χ4v) is 4.26. The number of nitrogens with one attached hydrogen (secondary N) is 2. The van der Waals surface area contributed by atoms with Crippen LogP contribution in [0.15, 0.2) is 54.6 Å². The van der Waals surface area contributed by atoms with Crippen molar-refractivity contribution in [3.8, 4) is 22.6 Å². The monoisotopic (exact) mass is 448 g/mol. The van der Waals surface area contributed by atoms with Gasteiger partial charge >= 0.3 is 0 Å². The molecule has 0 aromatic heterocycles. The number of aryl methyl sites for hydroxylation is 1. The molecule has 0 unspecified atom stereocenters. The molecule has 3 aromatic carbocycles. The Balaban J connectivity index is 0.00000274. The van der Waals surface area contributed by atoms with E-state index in [-0.39, 0.29) is 25.7 Å². The summed E-state index contributed by atoms with van der Waals surface area (Å²) in [6, 6.07) is 15.6. The Kier molecular flexibility index (Phi) is 5.04. The van der Waals surface area contributed by atoms with Gasteiger partial charge in [-0.15, -0.1) is 0 Å². The molecule has 33 heavy (non-hydrogen) atoms. The number of carbonyl (C=O) groups is 2. The molecule has 0 saturated heterocycles. The molecule has 5 rings (SSSR count). The third-order valence-electron chi connectivity index (χ3n) is 6.33. The SMILES string of the molecule is CNC(=O)c1cccc(-c2cc(NC(=O)C3(c4ccc5c(c4)OCO5)CC3)c(F)cc2C)c1.[HH]. The van der Waals surface area contributed by atoms with Crippen LogP contribution >= 0.6 is 0 Å². The molecular weight excluding hydrogens is 423 g/mol. The van der Waals surface area contributed by atoms with Crippen LogP contribution in [0.5, 0.6) is 11.5 Å². The van der Waals surface area contributed by atoms with Crippen molar-refractivity contribution in [2.45, 2.75) is 25.2 Å². The molecule has 6 nitrogen and oxygen atoms in total. The summed E-state index contributed by atoms with van der Waals surface area (Å²) in [5.41, 5.74) is 2.94. The van der Waals surface area contributed by atoms with E-state index in [0.29, 0.717) is 35.5 Å². The van der Waals surface area contributed by atoms with Crippen molar-refractivity contribution in [2.75, 3.05) is 19.2 Å². The highest BCUT2D eigenvalue weighted by Gasteiger charge is 2.51. The second kappa shape index (κ2) is 7.92. The number of anilines is 1. The summed E-state index contributed by atoms with van der Waals surface area (Å²) in [6.45, 7) is 1.96. The summed E-state index contributed by atoms with van der Waals surface area (Å²) in [7, 11) is 1.57. The maximum Gasteiger partial charge on any atom is 0.251 e. The van der Waals surface area contributed by atoms with Crippen LogP contribution in [0.3, 0.4) is 0 Å². The van der Waals surface area contributed by atoms with Gasteiger partial charge in [-0.25, -0.2) is 4.39 Å². The average Bonchev–Trinajstić information content (AvgIpc) is 3.51. The van der Waals surface area contributed by atoms with Gasteiger partial charge in [0.1, 0.15) is 5.82 Å². The summed E-state index contributed by atoms with van der Waals surface area (Å²) in [6.07, 6.45) is 1.35. The molecule has 2 N–H and O–H groups in total. The standard InChI is InChI=1S/C26H23FN2O4.H2/c1-15-10-20(27)21(13-19(15)16-4-3-5-17(11-16)24(30)28-2)29-25(31)26(8-9-26)18-6-7-22-23(12-18)33-14-32-22;/h3-7,10-13H,8-9,14H2,1-2H3,(H,28,30)(H,29,31);1H. The smallest absolute Gasteiger partial charge is 0.251 e. The van der Waals surface area contributed by atoms with Gasteiger partial charge in [-0.2, -0.15) is 0 Å². The lowest BCUT2D eigenvalue weighted by Gasteiger charge is -2.18. The zero-order chi connectivity index (χ0) is 23.2. The third kappa shape index (κ3) is 3.69. The van der Waals surface area contributed by atoms with Crippen LogP contribution in [0, 0.1) is 12.7 Å². The molecule has 0 spiro atoms. The molecule has 0 bridgehead atoms. The van der Waals surface area contributed by atoms with E-state index in [1.165, 1.54) is 6.07 Å². The Morgan fingerprint density at radius 1 is 1.03 bits per heavy atom. The fourth-order valence-electron chi connectivity index (χ4n) is 4.26. The number of halogens is 1. The van der Waals surface area contributed by atoms with Gasteiger partial charge in [0.25, 0.3) is 5.91 Å². The minimum atomic E-state index is -0.711. The number of rotatable bonds is 5. The number of carbonyl (C=O) groups excluding carboxylic acids is 2. The molecule has 1 aliphatic heterocycles. The first kappa shape index (κ1) is 21.0. The van der Waals surface area contributed by atoms with Gasteiger partial charge in [0.15, 0.2) is 11.5 Å².